The van der Waals surface area contributed by atoms with Crippen LogP contribution in [-0.2, 0) is 0 Å². The van der Waals surface area contributed by atoms with Gasteiger partial charge in [-0.3, -0.25) is 0 Å². The lowest BCUT2D eigenvalue weighted by molar-refractivity contribution is 0.0686. The molecule has 0 aliphatic rings. The van der Waals surface area contributed by atoms with Crippen LogP contribution in [0.5, 0.6) is 0 Å². The number of carbonyl (C=O) groups is 2. The molecule has 6 heteroatoms. The van der Waals surface area contributed by atoms with Gasteiger partial charge in [0.05, 0.1) is 23.8 Å². The number of benzene rings is 2. The zero-order chi connectivity index (χ0) is 17.7. The number of carboxylic acid groups (broad SMARTS) is 2. The molecule has 0 amide bonds. The molecule has 1 atom stereocenters. The summed E-state index contributed by atoms with van der Waals surface area (Å²) in [5, 5.41) is 32.8. The fourth-order valence-corrected chi connectivity index (χ4v) is 1.16. The average molecular weight is 320 g/mol. The van der Waals surface area contributed by atoms with E-state index >= 15 is 0 Å². The van der Waals surface area contributed by atoms with Gasteiger partial charge in [-0.05, 0) is 31.2 Å². The minimum Gasteiger partial charge on any atom is -0.478 e. The molecule has 2 aromatic rings. The molecule has 0 bridgehead atoms. The second kappa shape index (κ2) is 11.9. The van der Waals surface area contributed by atoms with Gasteiger partial charge in [0.1, 0.15) is 0 Å². The molecule has 0 aromatic heterocycles. The highest BCUT2D eigenvalue weighted by atomic mass is 16.4. The van der Waals surface area contributed by atoms with Crippen LogP contribution in [0.25, 0.3) is 0 Å². The third-order valence-corrected chi connectivity index (χ3v) is 2.31. The van der Waals surface area contributed by atoms with Crippen molar-refractivity contribution in [2.75, 3.05) is 6.61 Å². The first kappa shape index (κ1) is 20.3. The maximum absolute atomic E-state index is 10.2. The lowest BCUT2D eigenvalue weighted by Gasteiger charge is -1.90. The molecule has 0 saturated carbocycles. The van der Waals surface area contributed by atoms with Gasteiger partial charge in [-0.25, -0.2) is 9.59 Å². The van der Waals surface area contributed by atoms with E-state index in [0.29, 0.717) is 11.1 Å². The average Bonchev–Trinajstić information content (AvgIpc) is 2.57. The number of carboxylic acids is 2. The lowest BCUT2D eigenvalue weighted by atomic mass is 10.2. The highest BCUT2D eigenvalue weighted by Gasteiger charge is 1.97. The van der Waals surface area contributed by atoms with Gasteiger partial charge < -0.3 is 20.4 Å². The molecule has 23 heavy (non-hydrogen) atoms. The molecule has 0 aliphatic carbocycles. The zero-order valence-corrected chi connectivity index (χ0v) is 12.7. The third kappa shape index (κ3) is 10.6. The SMILES string of the molecule is CC(O)CO.O=C(O)c1ccccc1.O=C(O)c1ccccc1. The highest BCUT2D eigenvalue weighted by Crippen LogP contribution is 1.96. The van der Waals surface area contributed by atoms with Crippen LogP contribution in [0.4, 0.5) is 0 Å². The Labute approximate surface area is 134 Å². The van der Waals surface area contributed by atoms with Crippen LogP contribution in [-0.4, -0.2) is 45.1 Å². The Bertz CT molecular complexity index is 517. The third-order valence-electron chi connectivity index (χ3n) is 2.31. The number of aromatic carboxylic acids is 2. The zero-order valence-electron chi connectivity index (χ0n) is 12.7. The summed E-state index contributed by atoms with van der Waals surface area (Å²) in [4.78, 5) is 20.4. The highest BCUT2D eigenvalue weighted by molar-refractivity contribution is 5.87. The molecule has 0 fully saturated rings. The van der Waals surface area contributed by atoms with Crippen LogP contribution >= 0.6 is 0 Å². The van der Waals surface area contributed by atoms with Gasteiger partial charge in [0, 0.05) is 0 Å². The second-order valence-corrected chi connectivity index (χ2v) is 4.37. The summed E-state index contributed by atoms with van der Waals surface area (Å²) >= 11 is 0. The van der Waals surface area contributed by atoms with Crippen molar-refractivity contribution in [2.24, 2.45) is 0 Å². The van der Waals surface area contributed by atoms with E-state index in [-0.39, 0.29) is 6.61 Å². The molecule has 0 saturated heterocycles. The Hall–Kier alpha value is -2.70. The summed E-state index contributed by atoms with van der Waals surface area (Å²) in [7, 11) is 0. The van der Waals surface area contributed by atoms with Crippen molar-refractivity contribution in [1.82, 2.24) is 0 Å². The summed E-state index contributed by atoms with van der Waals surface area (Å²) in [6.45, 7) is 1.39. The predicted octanol–water partition coefficient (Wildman–Crippen LogP) is 2.13. The van der Waals surface area contributed by atoms with Crippen molar-refractivity contribution in [3.05, 3.63) is 71.8 Å². The normalized spacial score (nSPS) is 10.2. The van der Waals surface area contributed by atoms with Crippen molar-refractivity contribution in [3.8, 4) is 0 Å². The van der Waals surface area contributed by atoms with Crippen molar-refractivity contribution in [1.29, 1.82) is 0 Å². The molecule has 2 rings (SSSR count). The van der Waals surface area contributed by atoms with Crippen LogP contribution in [0.2, 0.25) is 0 Å². The summed E-state index contributed by atoms with van der Waals surface area (Å²) < 4.78 is 0. The minimum absolute atomic E-state index is 0.139. The number of hydrogen-bond acceptors (Lipinski definition) is 4. The van der Waals surface area contributed by atoms with E-state index in [4.69, 9.17) is 20.4 Å². The van der Waals surface area contributed by atoms with E-state index in [2.05, 4.69) is 0 Å². The molecule has 0 spiro atoms. The molecule has 0 radical (unpaired) electrons. The molecular formula is C17H20O6. The molecule has 0 heterocycles. The van der Waals surface area contributed by atoms with E-state index in [1.165, 1.54) is 6.92 Å². The van der Waals surface area contributed by atoms with Gasteiger partial charge in [-0.2, -0.15) is 0 Å². The van der Waals surface area contributed by atoms with Gasteiger partial charge in [0.15, 0.2) is 0 Å². The molecular weight excluding hydrogens is 300 g/mol. The number of rotatable bonds is 3. The predicted molar refractivity (Wildman–Crippen MR) is 85.6 cm³/mol. The molecule has 124 valence electrons. The second-order valence-electron chi connectivity index (χ2n) is 4.37. The monoisotopic (exact) mass is 320 g/mol. The van der Waals surface area contributed by atoms with Crippen molar-refractivity contribution in [3.63, 3.8) is 0 Å². The maximum Gasteiger partial charge on any atom is 0.335 e. The Kier molecular flexibility index (Phi) is 10.5. The number of aliphatic hydroxyl groups excluding tert-OH is 2. The van der Waals surface area contributed by atoms with E-state index in [1.54, 1.807) is 60.7 Å². The first-order valence-corrected chi connectivity index (χ1v) is 6.74. The first-order chi connectivity index (χ1) is 10.9. The Morgan fingerprint density at radius 2 is 1.09 bits per heavy atom. The smallest absolute Gasteiger partial charge is 0.335 e. The number of hydrogen-bond donors (Lipinski definition) is 4. The van der Waals surface area contributed by atoms with Crippen LogP contribution in [0, 0.1) is 0 Å². The van der Waals surface area contributed by atoms with Gasteiger partial charge in [-0.15, -0.1) is 0 Å². The fraction of sp³-hybridized carbons (Fsp3) is 0.176. The standard InChI is InChI=1S/2C7H6O2.C3H8O2/c2*8-7(9)6-4-2-1-3-5-6;1-3(5)2-4/h2*1-5H,(H,8,9);3-5H,2H2,1H3. The van der Waals surface area contributed by atoms with E-state index in [0.717, 1.165) is 0 Å². The molecule has 6 nitrogen and oxygen atoms in total. The first-order valence-electron chi connectivity index (χ1n) is 6.74. The van der Waals surface area contributed by atoms with Crippen LogP contribution in [0.3, 0.4) is 0 Å². The number of aliphatic hydroxyl groups is 2. The van der Waals surface area contributed by atoms with Gasteiger partial charge in [0.25, 0.3) is 0 Å². The van der Waals surface area contributed by atoms with Crippen molar-refractivity contribution < 1.29 is 30.0 Å². The molecule has 4 N–H and O–H groups in total. The summed E-state index contributed by atoms with van der Waals surface area (Å²) in [5.74, 6) is -1.76. The van der Waals surface area contributed by atoms with Crippen LogP contribution < -0.4 is 0 Å². The fourth-order valence-electron chi connectivity index (χ4n) is 1.16. The Balaban J connectivity index is 0.000000332. The van der Waals surface area contributed by atoms with E-state index < -0.39 is 18.0 Å². The molecule has 0 aliphatic heterocycles. The topological polar surface area (TPSA) is 115 Å². The van der Waals surface area contributed by atoms with Gasteiger partial charge >= 0.3 is 11.9 Å². The summed E-state index contributed by atoms with van der Waals surface area (Å²) in [6, 6.07) is 16.6. The Morgan fingerprint density at radius 3 is 1.22 bits per heavy atom. The molecule has 1 unspecified atom stereocenters. The summed E-state index contributed by atoms with van der Waals surface area (Å²) in [5.41, 5.74) is 0.662. The van der Waals surface area contributed by atoms with E-state index in [9.17, 15) is 9.59 Å². The maximum atomic E-state index is 10.2. The lowest BCUT2D eigenvalue weighted by Crippen LogP contribution is -2.03. The largest absolute Gasteiger partial charge is 0.478 e. The van der Waals surface area contributed by atoms with Crippen LogP contribution in [0.15, 0.2) is 60.7 Å². The van der Waals surface area contributed by atoms with Gasteiger partial charge in [-0.1, -0.05) is 36.4 Å². The summed E-state index contributed by atoms with van der Waals surface area (Å²) in [6.07, 6.45) is -0.560. The minimum atomic E-state index is -0.879. The van der Waals surface area contributed by atoms with E-state index in [1.807, 2.05) is 0 Å². The van der Waals surface area contributed by atoms with Crippen LogP contribution in [0.1, 0.15) is 27.6 Å². The molecule has 2 aromatic carbocycles. The van der Waals surface area contributed by atoms with Crippen molar-refractivity contribution in [2.45, 2.75) is 13.0 Å². The van der Waals surface area contributed by atoms with Crippen molar-refractivity contribution >= 4 is 11.9 Å². The Morgan fingerprint density at radius 1 is 0.826 bits per heavy atom. The van der Waals surface area contributed by atoms with Gasteiger partial charge in [0.2, 0.25) is 0 Å². The quantitative estimate of drug-likeness (QED) is 0.688.